The zero-order valence-electron chi connectivity index (χ0n) is 16.7. The molecule has 0 bridgehead atoms. The molecule has 0 aliphatic rings. The molecule has 2 aromatic carbocycles. The first-order valence-corrected chi connectivity index (χ1v) is 10.3. The minimum absolute atomic E-state index is 0.118. The molecule has 0 aromatic heterocycles. The smallest absolute Gasteiger partial charge is 0.309 e. The van der Waals surface area contributed by atoms with Gasteiger partial charge in [-0.1, -0.05) is 48.0 Å². The van der Waals surface area contributed by atoms with Crippen molar-refractivity contribution in [2.75, 3.05) is 19.8 Å². The molecule has 152 valence electrons. The summed E-state index contributed by atoms with van der Waals surface area (Å²) < 4.78 is 10.6. The third-order valence-electron chi connectivity index (χ3n) is 4.63. The molecule has 2 aromatic rings. The van der Waals surface area contributed by atoms with E-state index < -0.39 is 0 Å². The van der Waals surface area contributed by atoms with Gasteiger partial charge in [-0.3, -0.25) is 4.79 Å². The first-order chi connectivity index (χ1) is 13.5. The highest BCUT2D eigenvalue weighted by Gasteiger charge is 2.22. The van der Waals surface area contributed by atoms with Crippen LogP contribution in [0, 0.1) is 5.92 Å². The standard InChI is InChI=1S/C23H30ClNO3/c1-3-27-13-12-20(23(26)28-4-2)16-22(25)14-17-8-10-18(11-9-17)19-6-5-7-21(24)15-19/h5-11,15,20,22H,3-4,12-14,16,25H2,1-2H3/t20-,22-/m1/s1. The summed E-state index contributed by atoms with van der Waals surface area (Å²) in [4.78, 5) is 12.2. The third-order valence-corrected chi connectivity index (χ3v) is 4.87. The molecule has 0 radical (unpaired) electrons. The molecule has 0 saturated carbocycles. The molecule has 0 spiro atoms. The van der Waals surface area contributed by atoms with Gasteiger partial charge in [0.15, 0.2) is 0 Å². The number of hydrogen-bond acceptors (Lipinski definition) is 4. The Balaban J connectivity index is 1.96. The number of rotatable bonds is 11. The van der Waals surface area contributed by atoms with Gasteiger partial charge in [0, 0.05) is 24.3 Å². The van der Waals surface area contributed by atoms with E-state index >= 15 is 0 Å². The molecule has 2 N–H and O–H groups in total. The number of nitrogens with two attached hydrogens (primary N) is 1. The number of benzene rings is 2. The molecule has 0 fully saturated rings. The second kappa shape index (κ2) is 11.8. The number of hydrogen-bond donors (Lipinski definition) is 1. The van der Waals surface area contributed by atoms with Crippen molar-refractivity contribution < 1.29 is 14.3 Å². The normalized spacial score (nSPS) is 13.1. The fourth-order valence-corrected chi connectivity index (χ4v) is 3.41. The maximum Gasteiger partial charge on any atom is 0.309 e. The molecule has 28 heavy (non-hydrogen) atoms. The first-order valence-electron chi connectivity index (χ1n) is 9.88. The summed E-state index contributed by atoms with van der Waals surface area (Å²) in [6, 6.07) is 16.0. The SMILES string of the molecule is CCOCC[C@H](C[C@H](N)Cc1ccc(-c2cccc(Cl)c2)cc1)C(=O)OCC. The minimum Gasteiger partial charge on any atom is -0.466 e. The van der Waals surface area contributed by atoms with Crippen molar-refractivity contribution in [3.05, 3.63) is 59.1 Å². The maximum atomic E-state index is 12.2. The van der Waals surface area contributed by atoms with E-state index in [0.29, 0.717) is 39.1 Å². The lowest BCUT2D eigenvalue weighted by molar-refractivity contribution is -0.149. The number of ether oxygens (including phenoxy) is 2. The maximum absolute atomic E-state index is 12.2. The highest BCUT2D eigenvalue weighted by molar-refractivity contribution is 6.30. The van der Waals surface area contributed by atoms with E-state index in [1.165, 1.54) is 0 Å². The molecule has 0 unspecified atom stereocenters. The average Bonchev–Trinajstić information content (AvgIpc) is 2.68. The summed E-state index contributed by atoms with van der Waals surface area (Å²) in [5.74, 6) is -0.416. The molecule has 0 heterocycles. The number of carbonyl (C=O) groups is 1. The van der Waals surface area contributed by atoms with Crippen LogP contribution in [-0.2, 0) is 20.7 Å². The number of esters is 1. The summed E-state index contributed by atoms with van der Waals surface area (Å²) in [7, 11) is 0. The van der Waals surface area contributed by atoms with Gasteiger partial charge in [0.2, 0.25) is 0 Å². The molecule has 4 nitrogen and oxygen atoms in total. The molecule has 0 aliphatic heterocycles. The topological polar surface area (TPSA) is 61.5 Å². The van der Waals surface area contributed by atoms with Crippen LogP contribution in [0.4, 0.5) is 0 Å². The summed E-state index contributed by atoms with van der Waals surface area (Å²) in [6.45, 7) is 5.32. The summed E-state index contributed by atoms with van der Waals surface area (Å²) in [5.41, 5.74) is 9.69. The Kier molecular flexibility index (Phi) is 9.48. The first kappa shape index (κ1) is 22.4. The van der Waals surface area contributed by atoms with Crippen LogP contribution >= 0.6 is 11.6 Å². The average molecular weight is 404 g/mol. The van der Waals surface area contributed by atoms with Crippen LogP contribution in [0.15, 0.2) is 48.5 Å². The second-order valence-electron chi connectivity index (χ2n) is 6.84. The van der Waals surface area contributed by atoms with Gasteiger partial charge in [-0.2, -0.15) is 0 Å². The van der Waals surface area contributed by atoms with Crippen LogP contribution in [0.3, 0.4) is 0 Å². The van der Waals surface area contributed by atoms with Crippen molar-refractivity contribution in [2.45, 2.75) is 39.2 Å². The molecular weight excluding hydrogens is 374 g/mol. The lowest BCUT2D eigenvalue weighted by atomic mass is 9.93. The molecule has 0 saturated heterocycles. The Labute approximate surface area is 173 Å². The molecule has 0 aliphatic carbocycles. The number of halogens is 1. The third kappa shape index (κ3) is 7.27. The summed E-state index contributed by atoms with van der Waals surface area (Å²) in [6.07, 6.45) is 1.93. The summed E-state index contributed by atoms with van der Waals surface area (Å²) >= 11 is 6.07. The van der Waals surface area contributed by atoms with Gasteiger partial charge in [-0.05, 0) is 61.9 Å². The van der Waals surface area contributed by atoms with E-state index in [0.717, 1.165) is 21.7 Å². The monoisotopic (exact) mass is 403 g/mol. The number of carbonyl (C=O) groups excluding carboxylic acids is 1. The molecule has 0 amide bonds. The van der Waals surface area contributed by atoms with Crippen LogP contribution in [-0.4, -0.2) is 31.8 Å². The molecule has 2 rings (SSSR count). The van der Waals surface area contributed by atoms with E-state index in [1.54, 1.807) is 0 Å². The predicted molar refractivity (Wildman–Crippen MR) is 114 cm³/mol. The van der Waals surface area contributed by atoms with E-state index in [9.17, 15) is 4.79 Å². The highest BCUT2D eigenvalue weighted by atomic mass is 35.5. The second-order valence-corrected chi connectivity index (χ2v) is 7.28. The Hall–Kier alpha value is -1.88. The molecule has 2 atom stereocenters. The van der Waals surface area contributed by atoms with E-state index in [-0.39, 0.29) is 17.9 Å². The van der Waals surface area contributed by atoms with Gasteiger partial charge in [0.1, 0.15) is 0 Å². The van der Waals surface area contributed by atoms with Gasteiger partial charge < -0.3 is 15.2 Å². The van der Waals surface area contributed by atoms with Gasteiger partial charge in [-0.25, -0.2) is 0 Å². The van der Waals surface area contributed by atoms with Crippen molar-refractivity contribution in [3.8, 4) is 11.1 Å². The van der Waals surface area contributed by atoms with E-state index in [2.05, 4.69) is 24.3 Å². The largest absolute Gasteiger partial charge is 0.466 e. The quantitative estimate of drug-likeness (QED) is 0.429. The van der Waals surface area contributed by atoms with Crippen LogP contribution < -0.4 is 5.73 Å². The summed E-state index contributed by atoms with van der Waals surface area (Å²) in [5, 5.41) is 0.723. The zero-order valence-corrected chi connectivity index (χ0v) is 17.5. The molecular formula is C23H30ClNO3. The van der Waals surface area contributed by atoms with Crippen LogP contribution in [0.2, 0.25) is 5.02 Å². The Morgan fingerprint density at radius 1 is 1.07 bits per heavy atom. The van der Waals surface area contributed by atoms with Crippen molar-refractivity contribution in [3.63, 3.8) is 0 Å². The van der Waals surface area contributed by atoms with Crippen LogP contribution in [0.5, 0.6) is 0 Å². The Bertz CT molecular complexity index is 733. The highest BCUT2D eigenvalue weighted by Crippen LogP contribution is 2.24. The van der Waals surface area contributed by atoms with Crippen molar-refractivity contribution >= 4 is 17.6 Å². The van der Waals surface area contributed by atoms with Gasteiger partial charge in [-0.15, -0.1) is 0 Å². The predicted octanol–water partition coefficient (Wildman–Crippen LogP) is 4.87. The minimum atomic E-state index is -0.229. The van der Waals surface area contributed by atoms with Crippen molar-refractivity contribution in [1.29, 1.82) is 0 Å². The van der Waals surface area contributed by atoms with Gasteiger partial charge in [0.25, 0.3) is 0 Å². The van der Waals surface area contributed by atoms with Crippen molar-refractivity contribution in [2.24, 2.45) is 11.7 Å². The van der Waals surface area contributed by atoms with E-state index in [1.807, 2.05) is 38.1 Å². The van der Waals surface area contributed by atoms with Crippen LogP contribution in [0.1, 0.15) is 32.3 Å². The Morgan fingerprint density at radius 3 is 2.46 bits per heavy atom. The van der Waals surface area contributed by atoms with Gasteiger partial charge in [0.05, 0.1) is 12.5 Å². The van der Waals surface area contributed by atoms with Crippen LogP contribution in [0.25, 0.3) is 11.1 Å². The van der Waals surface area contributed by atoms with Gasteiger partial charge >= 0.3 is 5.97 Å². The lowest BCUT2D eigenvalue weighted by Crippen LogP contribution is -2.31. The van der Waals surface area contributed by atoms with Crippen molar-refractivity contribution in [1.82, 2.24) is 0 Å². The fraction of sp³-hybridized carbons (Fsp3) is 0.435. The Morgan fingerprint density at radius 2 is 1.82 bits per heavy atom. The fourth-order valence-electron chi connectivity index (χ4n) is 3.21. The zero-order chi connectivity index (χ0) is 20.4. The molecule has 5 heteroatoms. The van der Waals surface area contributed by atoms with E-state index in [4.69, 9.17) is 26.8 Å². The lowest BCUT2D eigenvalue weighted by Gasteiger charge is -2.20.